The standard InChI is InChI=1S/C20H31NO5/c1-16(2)13-26-19(24)21-10-8-20(15-23,9-11-22)18(12-21)25-14-17-6-4-3-5-7-17/h3-7,16,18,22-23H,8-15H2,1-2H3. The average molecular weight is 365 g/mol. The zero-order valence-electron chi connectivity index (χ0n) is 15.8. The molecule has 6 nitrogen and oxygen atoms in total. The number of aliphatic hydroxyl groups excluding tert-OH is 2. The van der Waals surface area contributed by atoms with Gasteiger partial charge in [-0.15, -0.1) is 0 Å². The Morgan fingerprint density at radius 1 is 1.31 bits per heavy atom. The minimum Gasteiger partial charge on any atom is -0.449 e. The molecule has 1 amide bonds. The van der Waals surface area contributed by atoms with E-state index >= 15 is 0 Å². The van der Waals surface area contributed by atoms with E-state index in [9.17, 15) is 15.0 Å². The van der Waals surface area contributed by atoms with Gasteiger partial charge < -0.3 is 24.6 Å². The van der Waals surface area contributed by atoms with Gasteiger partial charge in [0.2, 0.25) is 0 Å². The van der Waals surface area contributed by atoms with Crippen LogP contribution in [0.5, 0.6) is 0 Å². The second kappa shape index (κ2) is 9.90. The van der Waals surface area contributed by atoms with Crippen molar-refractivity contribution in [3.63, 3.8) is 0 Å². The first-order valence-electron chi connectivity index (χ1n) is 9.29. The van der Waals surface area contributed by atoms with Crippen LogP contribution in [0.1, 0.15) is 32.3 Å². The molecule has 0 radical (unpaired) electrons. The lowest BCUT2D eigenvalue weighted by atomic mass is 9.74. The normalized spacial score (nSPS) is 23.3. The van der Waals surface area contributed by atoms with Crippen LogP contribution < -0.4 is 0 Å². The highest BCUT2D eigenvalue weighted by Crippen LogP contribution is 2.37. The van der Waals surface area contributed by atoms with Gasteiger partial charge in [-0.05, 0) is 24.3 Å². The smallest absolute Gasteiger partial charge is 0.409 e. The van der Waals surface area contributed by atoms with E-state index in [2.05, 4.69) is 0 Å². The fourth-order valence-electron chi connectivity index (χ4n) is 3.27. The van der Waals surface area contributed by atoms with E-state index in [1.54, 1.807) is 4.90 Å². The molecule has 26 heavy (non-hydrogen) atoms. The van der Waals surface area contributed by atoms with Crippen LogP contribution in [0.2, 0.25) is 0 Å². The van der Waals surface area contributed by atoms with Crippen LogP contribution in [-0.4, -0.2) is 60.2 Å². The third-order valence-corrected chi connectivity index (χ3v) is 4.97. The second-order valence-electron chi connectivity index (χ2n) is 7.45. The second-order valence-corrected chi connectivity index (χ2v) is 7.45. The number of benzene rings is 1. The number of rotatable bonds is 8. The molecule has 1 aromatic carbocycles. The minimum atomic E-state index is -0.543. The van der Waals surface area contributed by atoms with E-state index < -0.39 is 5.41 Å². The average Bonchev–Trinajstić information content (AvgIpc) is 2.66. The maximum absolute atomic E-state index is 12.3. The lowest BCUT2D eigenvalue weighted by Gasteiger charge is -2.46. The zero-order chi connectivity index (χ0) is 19.0. The summed E-state index contributed by atoms with van der Waals surface area (Å²) in [5.74, 6) is 0.278. The largest absolute Gasteiger partial charge is 0.449 e. The fourth-order valence-corrected chi connectivity index (χ4v) is 3.27. The van der Waals surface area contributed by atoms with Gasteiger partial charge in [0, 0.05) is 18.6 Å². The van der Waals surface area contributed by atoms with Crippen molar-refractivity contribution in [2.45, 2.75) is 39.4 Å². The van der Waals surface area contributed by atoms with Gasteiger partial charge in [0.25, 0.3) is 0 Å². The van der Waals surface area contributed by atoms with Gasteiger partial charge in [-0.25, -0.2) is 4.79 Å². The summed E-state index contributed by atoms with van der Waals surface area (Å²) in [7, 11) is 0. The molecule has 0 spiro atoms. The lowest BCUT2D eigenvalue weighted by molar-refractivity contribution is -0.120. The molecule has 1 aromatic rings. The topological polar surface area (TPSA) is 79.2 Å². The predicted octanol–water partition coefficient (Wildman–Crippen LogP) is 2.43. The first-order chi connectivity index (χ1) is 12.5. The van der Waals surface area contributed by atoms with Gasteiger partial charge in [-0.3, -0.25) is 0 Å². The molecular weight excluding hydrogens is 334 g/mol. The number of hydrogen-bond donors (Lipinski definition) is 2. The molecule has 1 saturated heterocycles. The first kappa shape index (κ1) is 20.7. The summed E-state index contributed by atoms with van der Waals surface area (Å²) in [4.78, 5) is 14.0. The van der Waals surface area contributed by atoms with Crippen molar-refractivity contribution in [1.29, 1.82) is 0 Å². The molecule has 0 aliphatic carbocycles. The highest BCUT2D eigenvalue weighted by Gasteiger charge is 2.44. The molecule has 146 valence electrons. The van der Waals surface area contributed by atoms with Gasteiger partial charge >= 0.3 is 6.09 Å². The monoisotopic (exact) mass is 365 g/mol. The molecule has 2 N–H and O–H groups in total. The van der Waals surface area contributed by atoms with Gasteiger partial charge in [0.05, 0.1) is 32.5 Å². The molecule has 2 rings (SSSR count). The van der Waals surface area contributed by atoms with E-state index in [4.69, 9.17) is 9.47 Å². The van der Waals surface area contributed by atoms with Crippen LogP contribution in [-0.2, 0) is 16.1 Å². The fraction of sp³-hybridized carbons (Fsp3) is 0.650. The first-order valence-corrected chi connectivity index (χ1v) is 9.29. The van der Waals surface area contributed by atoms with E-state index in [1.807, 2.05) is 44.2 Å². The minimum absolute atomic E-state index is 0.0243. The number of piperidine rings is 1. The zero-order valence-corrected chi connectivity index (χ0v) is 15.8. The lowest BCUT2D eigenvalue weighted by Crippen LogP contribution is -2.55. The Bertz CT molecular complexity index is 550. The van der Waals surface area contributed by atoms with E-state index in [0.29, 0.717) is 39.1 Å². The van der Waals surface area contributed by atoms with E-state index in [-0.39, 0.29) is 31.3 Å². The summed E-state index contributed by atoms with van der Waals surface area (Å²) < 4.78 is 11.4. The third kappa shape index (κ3) is 5.43. The summed E-state index contributed by atoms with van der Waals surface area (Å²) in [5.41, 5.74) is 0.487. The Hall–Kier alpha value is -1.63. The highest BCUT2D eigenvalue weighted by molar-refractivity contribution is 5.67. The quantitative estimate of drug-likeness (QED) is 0.740. The predicted molar refractivity (Wildman–Crippen MR) is 98.6 cm³/mol. The van der Waals surface area contributed by atoms with Crippen molar-refractivity contribution in [3.05, 3.63) is 35.9 Å². The van der Waals surface area contributed by atoms with Gasteiger partial charge in [0.1, 0.15) is 0 Å². The van der Waals surface area contributed by atoms with Crippen LogP contribution >= 0.6 is 0 Å². The summed E-state index contributed by atoms with van der Waals surface area (Å²) in [5, 5.41) is 19.5. The van der Waals surface area contributed by atoms with Gasteiger partial charge in [-0.2, -0.15) is 0 Å². The Morgan fingerprint density at radius 2 is 2.04 bits per heavy atom. The van der Waals surface area contributed by atoms with Gasteiger partial charge in [0.15, 0.2) is 0 Å². The molecule has 1 aliphatic rings. The number of carbonyl (C=O) groups excluding carboxylic acids is 1. The molecule has 6 heteroatoms. The summed E-state index contributed by atoms with van der Waals surface area (Å²) in [6.07, 6.45) is 0.306. The number of carbonyl (C=O) groups is 1. The molecule has 1 fully saturated rings. The number of aliphatic hydroxyl groups is 2. The number of ether oxygens (including phenoxy) is 2. The van der Waals surface area contributed by atoms with Crippen LogP contribution in [0.4, 0.5) is 4.79 Å². The molecule has 0 aromatic heterocycles. The number of amides is 1. The number of hydrogen-bond acceptors (Lipinski definition) is 5. The Balaban J connectivity index is 2.06. The Morgan fingerprint density at radius 3 is 2.65 bits per heavy atom. The Kier molecular flexibility index (Phi) is 7.87. The van der Waals surface area contributed by atoms with Crippen molar-refractivity contribution in [2.75, 3.05) is 32.9 Å². The summed E-state index contributed by atoms with van der Waals surface area (Å²) in [6.45, 7) is 5.50. The SMILES string of the molecule is CC(C)COC(=O)N1CCC(CO)(CCO)C(OCc2ccccc2)C1. The van der Waals surface area contributed by atoms with Crippen LogP contribution in [0.15, 0.2) is 30.3 Å². The maximum atomic E-state index is 12.3. The summed E-state index contributed by atoms with van der Waals surface area (Å²) >= 11 is 0. The number of nitrogens with zero attached hydrogens (tertiary/aromatic N) is 1. The van der Waals surface area contributed by atoms with Gasteiger partial charge in [-0.1, -0.05) is 44.2 Å². The van der Waals surface area contributed by atoms with E-state index in [0.717, 1.165) is 5.56 Å². The Labute approximate surface area is 155 Å². The summed E-state index contributed by atoms with van der Waals surface area (Å²) in [6, 6.07) is 9.79. The third-order valence-electron chi connectivity index (χ3n) is 4.97. The highest BCUT2D eigenvalue weighted by atomic mass is 16.6. The van der Waals surface area contributed by atoms with Crippen LogP contribution in [0.3, 0.4) is 0 Å². The van der Waals surface area contributed by atoms with E-state index in [1.165, 1.54) is 0 Å². The molecule has 0 bridgehead atoms. The molecular formula is C20H31NO5. The molecule has 2 atom stereocenters. The van der Waals surface area contributed by atoms with Crippen LogP contribution in [0, 0.1) is 11.3 Å². The van der Waals surface area contributed by atoms with Crippen molar-refractivity contribution in [2.24, 2.45) is 11.3 Å². The molecule has 2 unspecified atom stereocenters. The number of likely N-dealkylation sites (tertiary alicyclic amines) is 1. The van der Waals surface area contributed by atoms with Crippen molar-refractivity contribution in [1.82, 2.24) is 4.90 Å². The van der Waals surface area contributed by atoms with Crippen molar-refractivity contribution >= 4 is 6.09 Å². The molecule has 1 heterocycles. The van der Waals surface area contributed by atoms with Crippen LogP contribution in [0.25, 0.3) is 0 Å². The molecule has 0 saturated carbocycles. The molecule has 1 aliphatic heterocycles. The van der Waals surface area contributed by atoms with Crippen molar-refractivity contribution in [3.8, 4) is 0 Å². The maximum Gasteiger partial charge on any atom is 0.409 e. The van der Waals surface area contributed by atoms with Crippen molar-refractivity contribution < 1.29 is 24.5 Å².